The summed E-state index contributed by atoms with van der Waals surface area (Å²) < 4.78 is 7.59. The van der Waals surface area contributed by atoms with Gasteiger partial charge in [-0.15, -0.1) is 21.5 Å². The molecule has 0 radical (unpaired) electrons. The molecule has 1 amide bonds. The molecule has 2 aliphatic heterocycles. The van der Waals surface area contributed by atoms with Crippen molar-refractivity contribution in [3.8, 4) is 5.69 Å². The zero-order chi connectivity index (χ0) is 21.9. The van der Waals surface area contributed by atoms with Crippen molar-refractivity contribution in [2.24, 2.45) is 0 Å². The minimum atomic E-state index is 0.164. The van der Waals surface area contributed by atoms with E-state index in [1.807, 2.05) is 4.90 Å². The highest BCUT2D eigenvalue weighted by Gasteiger charge is 2.31. The number of hydrogen-bond acceptors (Lipinski definition) is 7. The van der Waals surface area contributed by atoms with Crippen LogP contribution in [0.5, 0.6) is 0 Å². The Morgan fingerprint density at radius 3 is 2.72 bits per heavy atom. The summed E-state index contributed by atoms with van der Waals surface area (Å²) in [6.45, 7) is 5.83. The fourth-order valence-electron chi connectivity index (χ4n) is 4.29. The van der Waals surface area contributed by atoms with Gasteiger partial charge in [-0.1, -0.05) is 35.5 Å². The van der Waals surface area contributed by atoms with Gasteiger partial charge >= 0.3 is 0 Å². The molecular formula is C23H27N5O2S2. The van der Waals surface area contributed by atoms with Crippen molar-refractivity contribution in [2.75, 3.05) is 43.5 Å². The van der Waals surface area contributed by atoms with Crippen molar-refractivity contribution in [3.05, 3.63) is 52.2 Å². The zero-order valence-electron chi connectivity index (χ0n) is 18.1. The minimum absolute atomic E-state index is 0.164. The molecule has 32 heavy (non-hydrogen) atoms. The highest BCUT2D eigenvalue weighted by atomic mass is 32.2. The van der Waals surface area contributed by atoms with Gasteiger partial charge in [0.15, 0.2) is 5.16 Å². The number of rotatable bonds is 6. The molecule has 3 aromatic rings. The molecule has 0 saturated carbocycles. The van der Waals surface area contributed by atoms with E-state index < -0.39 is 0 Å². The maximum atomic E-state index is 13.2. The maximum absolute atomic E-state index is 13.2. The summed E-state index contributed by atoms with van der Waals surface area (Å²) in [6.07, 6.45) is 2.09. The molecule has 2 aromatic heterocycles. The quantitative estimate of drug-likeness (QED) is 0.510. The second kappa shape index (κ2) is 9.64. The monoisotopic (exact) mass is 469 g/mol. The molecule has 9 heteroatoms. The first-order valence-corrected chi connectivity index (χ1v) is 12.9. The number of likely N-dealkylation sites (tertiary alicyclic amines) is 1. The van der Waals surface area contributed by atoms with Gasteiger partial charge in [-0.2, -0.15) is 0 Å². The van der Waals surface area contributed by atoms with Gasteiger partial charge < -0.3 is 14.5 Å². The molecule has 1 aromatic carbocycles. The standard InChI is InChI=1S/C23H27N5O2S2/c1-17-6-8-18(9-7-17)28-22(26-11-13-30-14-12-26)24-25-23(28)32-16-21(29)27-10-2-4-19(27)20-5-3-15-31-20/h3,5-9,15,19H,2,4,10-14,16H2,1H3. The van der Waals surface area contributed by atoms with Crippen LogP contribution in [0.15, 0.2) is 46.9 Å². The number of aryl methyl sites for hydroxylation is 1. The molecule has 0 spiro atoms. The second-order valence-electron chi connectivity index (χ2n) is 8.10. The molecule has 4 heterocycles. The van der Waals surface area contributed by atoms with E-state index in [-0.39, 0.29) is 11.9 Å². The lowest BCUT2D eigenvalue weighted by atomic mass is 10.2. The van der Waals surface area contributed by atoms with Crippen LogP contribution in [0.3, 0.4) is 0 Å². The lowest BCUT2D eigenvalue weighted by Gasteiger charge is -2.28. The lowest BCUT2D eigenvalue weighted by Crippen LogP contribution is -2.37. The van der Waals surface area contributed by atoms with E-state index >= 15 is 0 Å². The number of morpholine rings is 1. The summed E-state index contributed by atoms with van der Waals surface area (Å²) in [4.78, 5) is 18.7. The Morgan fingerprint density at radius 1 is 1.16 bits per heavy atom. The summed E-state index contributed by atoms with van der Waals surface area (Å²) in [5, 5.41) is 11.8. The summed E-state index contributed by atoms with van der Waals surface area (Å²) in [6, 6.07) is 12.8. The number of ether oxygens (including phenoxy) is 1. The SMILES string of the molecule is Cc1ccc(-n2c(SCC(=O)N3CCCC3c3cccs3)nnc2N2CCOCC2)cc1. The van der Waals surface area contributed by atoms with E-state index in [4.69, 9.17) is 4.74 Å². The van der Waals surface area contributed by atoms with Crippen molar-refractivity contribution < 1.29 is 9.53 Å². The second-order valence-corrected chi connectivity index (χ2v) is 10.0. The van der Waals surface area contributed by atoms with Crippen LogP contribution in [0.4, 0.5) is 5.95 Å². The fraction of sp³-hybridized carbons (Fsp3) is 0.435. The number of carbonyl (C=O) groups is 1. The Bertz CT molecular complexity index is 1050. The smallest absolute Gasteiger partial charge is 0.233 e. The predicted octanol–water partition coefficient (Wildman–Crippen LogP) is 3.93. The highest BCUT2D eigenvalue weighted by molar-refractivity contribution is 7.99. The maximum Gasteiger partial charge on any atom is 0.233 e. The van der Waals surface area contributed by atoms with Crippen LogP contribution in [-0.4, -0.2) is 64.2 Å². The molecule has 2 fully saturated rings. The van der Waals surface area contributed by atoms with Crippen molar-refractivity contribution in [3.63, 3.8) is 0 Å². The number of carbonyl (C=O) groups excluding carboxylic acids is 1. The number of nitrogens with zero attached hydrogens (tertiary/aromatic N) is 5. The molecule has 5 rings (SSSR count). The molecule has 0 aliphatic carbocycles. The number of anilines is 1. The van der Waals surface area contributed by atoms with Crippen molar-refractivity contribution in [1.29, 1.82) is 0 Å². The van der Waals surface area contributed by atoms with Crippen LogP contribution in [0.2, 0.25) is 0 Å². The predicted molar refractivity (Wildman–Crippen MR) is 128 cm³/mol. The first kappa shape index (κ1) is 21.5. The Morgan fingerprint density at radius 2 is 1.97 bits per heavy atom. The number of thiophene rings is 1. The molecule has 2 aliphatic rings. The van der Waals surface area contributed by atoms with Gasteiger partial charge in [0.05, 0.1) is 30.7 Å². The van der Waals surface area contributed by atoms with E-state index in [1.165, 1.54) is 22.2 Å². The first-order valence-electron chi connectivity index (χ1n) is 11.0. The van der Waals surface area contributed by atoms with Gasteiger partial charge in [0.25, 0.3) is 0 Å². The van der Waals surface area contributed by atoms with E-state index in [1.54, 1.807) is 11.3 Å². The first-order chi connectivity index (χ1) is 15.7. The topological polar surface area (TPSA) is 63.5 Å². The van der Waals surface area contributed by atoms with Crippen molar-refractivity contribution in [1.82, 2.24) is 19.7 Å². The van der Waals surface area contributed by atoms with Crippen LogP contribution >= 0.6 is 23.1 Å². The minimum Gasteiger partial charge on any atom is -0.378 e. The van der Waals surface area contributed by atoms with Crippen molar-refractivity contribution >= 4 is 35.0 Å². The Labute approximate surface area is 196 Å². The van der Waals surface area contributed by atoms with Crippen LogP contribution in [0, 0.1) is 6.92 Å². The fourth-order valence-corrected chi connectivity index (χ4v) is 6.00. The summed E-state index contributed by atoms with van der Waals surface area (Å²) >= 11 is 3.20. The van der Waals surface area contributed by atoms with E-state index in [0.717, 1.165) is 49.3 Å². The molecular weight excluding hydrogens is 442 g/mol. The van der Waals surface area contributed by atoms with E-state index in [2.05, 4.69) is 68.4 Å². The third kappa shape index (κ3) is 4.42. The number of benzene rings is 1. The number of aromatic nitrogens is 3. The van der Waals surface area contributed by atoms with E-state index in [9.17, 15) is 4.79 Å². The summed E-state index contributed by atoms with van der Waals surface area (Å²) in [7, 11) is 0. The largest absolute Gasteiger partial charge is 0.378 e. The van der Waals surface area contributed by atoms with Crippen LogP contribution < -0.4 is 4.90 Å². The molecule has 1 unspecified atom stereocenters. The average molecular weight is 470 g/mol. The Hall–Kier alpha value is -2.36. The molecule has 7 nitrogen and oxygen atoms in total. The van der Waals surface area contributed by atoms with Gasteiger partial charge in [0.1, 0.15) is 0 Å². The van der Waals surface area contributed by atoms with Gasteiger partial charge in [0.2, 0.25) is 11.9 Å². The number of amides is 1. The zero-order valence-corrected chi connectivity index (χ0v) is 19.8. The van der Waals surface area contributed by atoms with Crippen LogP contribution in [0.25, 0.3) is 5.69 Å². The third-order valence-corrected chi connectivity index (χ3v) is 7.86. The number of thioether (sulfide) groups is 1. The summed E-state index contributed by atoms with van der Waals surface area (Å²) in [5.74, 6) is 1.33. The third-order valence-electron chi connectivity index (χ3n) is 5.97. The average Bonchev–Trinajstić information content (AvgIpc) is 3.59. The molecule has 0 bridgehead atoms. The molecule has 1 atom stereocenters. The normalized spacial score (nSPS) is 19.0. The Kier molecular flexibility index (Phi) is 6.47. The lowest BCUT2D eigenvalue weighted by molar-refractivity contribution is -0.129. The molecule has 2 saturated heterocycles. The number of hydrogen-bond donors (Lipinski definition) is 0. The van der Waals surface area contributed by atoms with Gasteiger partial charge in [-0.3, -0.25) is 9.36 Å². The van der Waals surface area contributed by atoms with Gasteiger partial charge in [0, 0.05) is 24.5 Å². The van der Waals surface area contributed by atoms with Gasteiger partial charge in [-0.25, -0.2) is 0 Å². The highest BCUT2D eigenvalue weighted by Crippen LogP contribution is 2.35. The van der Waals surface area contributed by atoms with Crippen molar-refractivity contribution in [2.45, 2.75) is 31.0 Å². The molecule has 168 valence electrons. The van der Waals surface area contributed by atoms with Gasteiger partial charge in [-0.05, 0) is 43.3 Å². The summed E-state index contributed by atoms with van der Waals surface area (Å²) in [5.41, 5.74) is 2.21. The van der Waals surface area contributed by atoms with Crippen LogP contribution in [0.1, 0.15) is 29.3 Å². The van der Waals surface area contributed by atoms with E-state index in [0.29, 0.717) is 19.0 Å². The van der Waals surface area contributed by atoms with Crippen LogP contribution in [-0.2, 0) is 9.53 Å². The molecule has 0 N–H and O–H groups in total. The Balaban J connectivity index is 1.36.